The predicted molar refractivity (Wildman–Crippen MR) is 133 cm³/mol. The van der Waals surface area contributed by atoms with Crippen LogP contribution >= 0.6 is 0 Å². The summed E-state index contributed by atoms with van der Waals surface area (Å²) in [5.74, 6) is 0.126. The Bertz CT molecular complexity index is 1540. The first-order chi connectivity index (χ1) is 16.9. The first kappa shape index (κ1) is 25.0. The fourth-order valence-electron chi connectivity index (χ4n) is 3.36. The van der Waals surface area contributed by atoms with E-state index in [2.05, 4.69) is 0 Å². The van der Waals surface area contributed by atoms with Gasteiger partial charge in [0.15, 0.2) is 0 Å². The molecular formula is C24H20N2O8S2. The molecule has 0 aliphatic carbocycles. The summed E-state index contributed by atoms with van der Waals surface area (Å²) in [6.45, 7) is 0. The minimum absolute atomic E-state index is 0.177. The molecule has 0 radical (unpaired) electrons. The lowest BCUT2D eigenvalue weighted by atomic mass is 10.1. The van der Waals surface area contributed by atoms with Crippen LogP contribution in [0.5, 0.6) is 23.0 Å². The molecule has 36 heavy (non-hydrogen) atoms. The number of nitrogen functional groups attached to an aromatic ring is 2. The van der Waals surface area contributed by atoms with Crippen LogP contribution in [0.15, 0.2) is 94.7 Å². The van der Waals surface area contributed by atoms with Gasteiger partial charge in [0, 0.05) is 23.5 Å². The number of hydrogen-bond donors (Lipinski definition) is 4. The number of anilines is 2. The molecule has 0 aliphatic rings. The van der Waals surface area contributed by atoms with Gasteiger partial charge in [-0.1, -0.05) is 24.3 Å². The molecule has 0 amide bonds. The standard InChI is InChI=1S/C24H20N2O8S2/c25-17-3-1-5-19(13-17)33-21-9-7-15(11-23(21)35(27,28)29)16-8-10-22(24(12-16)36(30,31)32)34-20-6-2-4-18(26)14-20/h1-14H,25-26H2,(H,27,28,29)(H,30,31,32). The Labute approximate surface area is 207 Å². The van der Waals surface area contributed by atoms with Gasteiger partial charge in [-0.15, -0.1) is 0 Å². The fraction of sp³-hybridized carbons (Fsp3) is 0. The Morgan fingerprint density at radius 3 is 1.28 bits per heavy atom. The number of ether oxygens (including phenoxy) is 2. The van der Waals surface area contributed by atoms with Crippen molar-refractivity contribution in [3.8, 4) is 34.1 Å². The molecule has 10 nitrogen and oxygen atoms in total. The quantitative estimate of drug-likeness (QED) is 0.196. The Hall–Kier alpha value is -4.10. The summed E-state index contributed by atoms with van der Waals surface area (Å²) in [4.78, 5) is -1.12. The second-order valence-electron chi connectivity index (χ2n) is 7.62. The largest absolute Gasteiger partial charge is 0.456 e. The first-order valence-corrected chi connectivity index (χ1v) is 13.1. The number of benzene rings is 4. The van der Waals surface area contributed by atoms with E-state index in [0.717, 1.165) is 12.1 Å². The molecule has 4 aromatic rings. The monoisotopic (exact) mass is 528 g/mol. The average molecular weight is 529 g/mol. The van der Waals surface area contributed by atoms with E-state index < -0.39 is 30.0 Å². The van der Waals surface area contributed by atoms with Crippen molar-refractivity contribution >= 4 is 31.6 Å². The smallest absolute Gasteiger partial charge is 0.298 e. The van der Waals surface area contributed by atoms with Crippen molar-refractivity contribution in [2.45, 2.75) is 9.79 Å². The van der Waals surface area contributed by atoms with E-state index in [0.29, 0.717) is 11.4 Å². The van der Waals surface area contributed by atoms with Crippen molar-refractivity contribution in [3.05, 3.63) is 84.9 Å². The summed E-state index contributed by atoms with van der Waals surface area (Å²) in [5.41, 5.74) is 12.6. The molecule has 0 bridgehead atoms. The third-order valence-electron chi connectivity index (χ3n) is 4.95. The van der Waals surface area contributed by atoms with E-state index in [-0.39, 0.29) is 34.1 Å². The topological polar surface area (TPSA) is 179 Å². The molecule has 0 atom stereocenters. The Morgan fingerprint density at radius 2 is 0.944 bits per heavy atom. The molecule has 0 heterocycles. The summed E-state index contributed by atoms with van der Waals surface area (Å²) in [7, 11) is -9.49. The van der Waals surface area contributed by atoms with Gasteiger partial charge in [0.1, 0.15) is 32.8 Å². The van der Waals surface area contributed by atoms with Crippen LogP contribution in [0.2, 0.25) is 0 Å². The molecule has 0 unspecified atom stereocenters. The molecule has 0 aliphatic heterocycles. The number of nitrogens with two attached hydrogens (primary N) is 2. The van der Waals surface area contributed by atoms with E-state index >= 15 is 0 Å². The van der Waals surface area contributed by atoms with Crippen LogP contribution in [-0.4, -0.2) is 25.9 Å². The highest BCUT2D eigenvalue weighted by Gasteiger charge is 2.22. The summed E-state index contributed by atoms with van der Waals surface area (Å²) in [5, 5.41) is 0. The van der Waals surface area contributed by atoms with Gasteiger partial charge in [0.2, 0.25) is 0 Å². The van der Waals surface area contributed by atoms with Crippen molar-refractivity contribution in [2.24, 2.45) is 0 Å². The highest BCUT2D eigenvalue weighted by atomic mass is 32.2. The molecule has 0 saturated heterocycles. The van der Waals surface area contributed by atoms with Gasteiger partial charge in [-0.05, 0) is 59.7 Å². The molecule has 186 valence electrons. The number of rotatable bonds is 7. The van der Waals surface area contributed by atoms with Gasteiger partial charge < -0.3 is 20.9 Å². The molecule has 0 aromatic heterocycles. The van der Waals surface area contributed by atoms with Crippen molar-refractivity contribution in [2.75, 3.05) is 11.5 Å². The highest BCUT2D eigenvalue weighted by molar-refractivity contribution is 7.86. The molecule has 0 saturated carbocycles. The van der Waals surface area contributed by atoms with Gasteiger partial charge in [-0.2, -0.15) is 16.8 Å². The predicted octanol–water partition coefficient (Wildman–Crippen LogP) is 4.60. The zero-order chi connectivity index (χ0) is 26.1. The first-order valence-electron chi connectivity index (χ1n) is 10.2. The Balaban J connectivity index is 1.77. The molecule has 4 aromatic carbocycles. The van der Waals surface area contributed by atoms with Gasteiger partial charge in [0.25, 0.3) is 20.2 Å². The van der Waals surface area contributed by atoms with Crippen molar-refractivity contribution < 1.29 is 35.4 Å². The van der Waals surface area contributed by atoms with Crippen molar-refractivity contribution in [1.29, 1.82) is 0 Å². The Morgan fingerprint density at radius 1 is 0.556 bits per heavy atom. The van der Waals surface area contributed by atoms with Crippen LogP contribution in [0.1, 0.15) is 0 Å². The molecule has 4 rings (SSSR count). The maximum absolute atomic E-state index is 12.1. The van der Waals surface area contributed by atoms with Crippen LogP contribution in [0.25, 0.3) is 11.1 Å². The van der Waals surface area contributed by atoms with E-state index in [4.69, 9.17) is 20.9 Å². The minimum atomic E-state index is -4.75. The maximum atomic E-state index is 12.1. The molecule has 0 fully saturated rings. The molecule has 6 N–H and O–H groups in total. The molecular weight excluding hydrogens is 508 g/mol. The Kier molecular flexibility index (Phi) is 6.61. The van der Waals surface area contributed by atoms with E-state index in [1.165, 1.54) is 36.4 Å². The lowest BCUT2D eigenvalue weighted by molar-refractivity contribution is 0.448. The van der Waals surface area contributed by atoms with Crippen molar-refractivity contribution in [3.63, 3.8) is 0 Å². The lowest BCUT2D eigenvalue weighted by Gasteiger charge is -2.14. The number of hydrogen-bond acceptors (Lipinski definition) is 8. The SMILES string of the molecule is Nc1cccc(Oc2ccc(-c3ccc(Oc4cccc(N)c4)c(S(=O)(=O)O)c3)cc2S(=O)(=O)O)c1. The molecule has 12 heteroatoms. The lowest BCUT2D eigenvalue weighted by Crippen LogP contribution is -2.03. The van der Waals surface area contributed by atoms with Crippen LogP contribution in [-0.2, 0) is 20.2 Å². The van der Waals surface area contributed by atoms with Gasteiger partial charge in [-0.3, -0.25) is 9.11 Å². The van der Waals surface area contributed by atoms with Crippen LogP contribution in [0.3, 0.4) is 0 Å². The highest BCUT2D eigenvalue weighted by Crippen LogP contribution is 2.37. The third-order valence-corrected chi connectivity index (χ3v) is 6.70. The van der Waals surface area contributed by atoms with Crippen LogP contribution in [0.4, 0.5) is 11.4 Å². The van der Waals surface area contributed by atoms with E-state index in [9.17, 15) is 25.9 Å². The fourth-order valence-corrected chi connectivity index (χ4v) is 4.64. The second-order valence-corrected chi connectivity index (χ2v) is 10.4. The summed E-state index contributed by atoms with van der Waals surface area (Å²) in [6, 6.07) is 20.2. The van der Waals surface area contributed by atoms with Gasteiger partial charge in [-0.25, -0.2) is 0 Å². The zero-order valence-electron chi connectivity index (χ0n) is 18.4. The van der Waals surface area contributed by atoms with E-state index in [1.54, 1.807) is 36.4 Å². The molecule has 0 spiro atoms. The van der Waals surface area contributed by atoms with Crippen LogP contribution in [0, 0.1) is 0 Å². The van der Waals surface area contributed by atoms with Gasteiger partial charge >= 0.3 is 0 Å². The second kappa shape index (κ2) is 9.51. The zero-order valence-corrected chi connectivity index (χ0v) is 20.0. The normalized spacial score (nSPS) is 11.7. The van der Waals surface area contributed by atoms with Crippen molar-refractivity contribution in [1.82, 2.24) is 0 Å². The minimum Gasteiger partial charge on any atom is -0.456 e. The van der Waals surface area contributed by atoms with Gasteiger partial charge in [0.05, 0.1) is 0 Å². The summed E-state index contributed by atoms with van der Waals surface area (Å²) in [6.07, 6.45) is 0. The average Bonchev–Trinajstić information content (AvgIpc) is 2.78. The van der Waals surface area contributed by atoms with E-state index in [1.807, 2.05) is 0 Å². The van der Waals surface area contributed by atoms with Crippen LogP contribution < -0.4 is 20.9 Å². The summed E-state index contributed by atoms with van der Waals surface area (Å²) < 4.78 is 79.1. The maximum Gasteiger partial charge on any atom is 0.298 e. The third kappa shape index (κ3) is 5.75. The summed E-state index contributed by atoms with van der Waals surface area (Å²) >= 11 is 0.